The fourth-order valence-electron chi connectivity index (χ4n) is 4.04. The van der Waals surface area contributed by atoms with E-state index < -0.39 is 5.91 Å². The lowest BCUT2D eigenvalue weighted by atomic mass is 9.89. The molecule has 0 unspecified atom stereocenters. The van der Waals surface area contributed by atoms with Crippen LogP contribution in [-0.4, -0.2) is 34.1 Å². The highest BCUT2D eigenvalue weighted by atomic mass is 16.5. The van der Waals surface area contributed by atoms with Gasteiger partial charge >= 0.3 is 0 Å². The molecule has 0 spiro atoms. The SMILES string of the molecule is O=C(C=Cc1ccc(CN2CCC(c3c[nH]c4ccccc34)CC2)cc1)NO. The minimum Gasteiger partial charge on any atom is -0.361 e. The Balaban J connectivity index is 1.33. The van der Waals surface area contributed by atoms with Crippen molar-refractivity contribution >= 4 is 22.9 Å². The van der Waals surface area contributed by atoms with E-state index in [1.54, 1.807) is 11.6 Å². The van der Waals surface area contributed by atoms with Crippen LogP contribution >= 0.6 is 0 Å². The van der Waals surface area contributed by atoms with E-state index in [2.05, 4.69) is 52.5 Å². The van der Waals surface area contributed by atoms with Crippen LogP contribution in [0.4, 0.5) is 0 Å². The van der Waals surface area contributed by atoms with Crippen LogP contribution in [0, 0.1) is 0 Å². The standard InChI is InChI=1S/C23H25N3O2/c27-23(25-28)10-9-17-5-7-18(8-6-17)16-26-13-11-19(12-14-26)21-15-24-22-4-2-1-3-20(21)22/h1-10,15,19,24,28H,11-14,16H2,(H,25,27). The summed E-state index contributed by atoms with van der Waals surface area (Å²) < 4.78 is 0. The number of piperidine rings is 1. The molecular weight excluding hydrogens is 350 g/mol. The van der Waals surface area contributed by atoms with Crippen LogP contribution in [0.25, 0.3) is 17.0 Å². The van der Waals surface area contributed by atoms with E-state index >= 15 is 0 Å². The maximum absolute atomic E-state index is 11.0. The number of aromatic amines is 1. The molecular formula is C23H25N3O2. The van der Waals surface area contributed by atoms with Crippen molar-refractivity contribution < 1.29 is 10.0 Å². The zero-order valence-corrected chi connectivity index (χ0v) is 15.8. The molecule has 1 aliphatic rings. The summed E-state index contributed by atoms with van der Waals surface area (Å²) in [4.78, 5) is 17.0. The number of benzene rings is 2. The molecule has 28 heavy (non-hydrogen) atoms. The lowest BCUT2D eigenvalue weighted by Gasteiger charge is -2.32. The van der Waals surface area contributed by atoms with Gasteiger partial charge in [-0.1, -0.05) is 42.5 Å². The Bertz CT molecular complexity index is 967. The fraction of sp³-hybridized carbons (Fsp3) is 0.261. The number of hydroxylamine groups is 1. The monoisotopic (exact) mass is 375 g/mol. The molecule has 1 aromatic heterocycles. The molecule has 0 radical (unpaired) electrons. The van der Waals surface area contributed by atoms with Gasteiger partial charge in [-0.15, -0.1) is 0 Å². The smallest absolute Gasteiger partial charge is 0.267 e. The second kappa shape index (κ2) is 8.42. The summed E-state index contributed by atoms with van der Waals surface area (Å²) >= 11 is 0. The molecule has 2 heterocycles. The molecule has 0 aliphatic carbocycles. The van der Waals surface area contributed by atoms with Crippen molar-refractivity contribution in [1.29, 1.82) is 0 Å². The van der Waals surface area contributed by atoms with Crippen molar-refractivity contribution in [3.05, 3.63) is 77.5 Å². The third kappa shape index (κ3) is 4.16. The van der Waals surface area contributed by atoms with Gasteiger partial charge in [0, 0.05) is 29.7 Å². The molecule has 1 saturated heterocycles. The first-order valence-corrected chi connectivity index (χ1v) is 9.72. The topological polar surface area (TPSA) is 68.4 Å². The van der Waals surface area contributed by atoms with E-state index in [0.717, 1.165) is 25.2 Å². The van der Waals surface area contributed by atoms with Crippen LogP contribution in [-0.2, 0) is 11.3 Å². The highest BCUT2D eigenvalue weighted by molar-refractivity contribution is 5.90. The third-order valence-electron chi connectivity index (χ3n) is 5.57. The lowest BCUT2D eigenvalue weighted by Crippen LogP contribution is -2.32. The van der Waals surface area contributed by atoms with Gasteiger partial charge in [0.05, 0.1) is 0 Å². The molecule has 144 valence electrons. The van der Waals surface area contributed by atoms with E-state index in [1.807, 2.05) is 12.1 Å². The zero-order valence-electron chi connectivity index (χ0n) is 15.8. The van der Waals surface area contributed by atoms with E-state index in [-0.39, 0.29) is 0 Å². The fourth-order valence-corrected chi connectivity index (χ4v) is 4.04. The van der Waals surface area contributed by atoms with Crippen LogP contribution in [0.3, 0.4) is 0 Å². The van der Waals surface area contributed by atoms with E-state index in [4.69, 9.17) is 5.21 Å². The Hall–Kier alpha value is -2.89. The summed E-state index contributed by atoms with van der Waals surface area (Å²) in [7, 11) is 0. The van der Waals surface area contributed by atoms with Crippen molar-refractivity contribution in [3.63, 3.8) is 0 Å². The Kier molecular flexibility index (Phi) is 5.55. The summed E-state index contributed by atoms with van der Waals surface area (Å²) in [5.74, 6) is 0.0970. The van der Waals surface area contributed by atoms with Crippen LogP contribution in [0.1, 0.15) is 35.4 Å². The molecule has 1 fully saturated rings. The van der Waals surface area contributed by atoms with Crippen LogP contribution in [0.15, 0.2) is 60.8 Å². The second-order valence-corrected chi connectivity index (χ2v) is 7.39. The number of aromatic nitrogens is 1. The summed E-state index contributed by atoms with van der Waals surface area (Å²) in [6, 6.07) is 16.7. The third-order valence-corrected chi connectivity index (χ3v) is 5.57. The maximum atomic E-state index is 11.0. The van der Waals surface area contributed by atoms with Crippen molar-refractivity contribution in [2.24, 2.45) is 0 Å². The first-order valence-electron chi connectivity index (χ1n) is 9.72. The number of amides is 1. The number of likely N-dealkylation sites (tertiary alicyclic amines) is 1. The van der Waals surface area contributed by atoms with E-state index in [1.165, 1.54) is 40.9 Å². The number of hydrogen-bond donors (Lipinski definition) is 3. The molecule has 0 bridgehead atoms. The summed E-state index contributed by atoms with van der Waals surface area (Å²) in [5, 5.41) is 9.87. The molecule has 1 aliphatic heterocycles. The molecule has 0 atom stereocenters. The number of nitrogens with zero attached hydrogens (tertiary/aromatic N) is 1. The Morgan fingerprint density at radius 2 is 1.89 bits per heavy atom. The molecule has 3 aromatic rings. The highest BCUT2D eigenvalue weighted by Gasteiger charge is 2.22. The van der Waals surface area contributed by atoms with Gasteiger partial charge in [0.15, 0.2) is 0 Å². The molecule has 0 saturated carbocycles. The van der Waals surface area contributed by atoms with Crippen LogP contribution in [0.5, 0.6) is 0 Å². The minimum absolute atomic E-state index is 0.526. The number of para-hydroxylation sites is 1. The molecule has 4 rings (SSSR count). The van der Waals surface area contributed by atoms with Gasteiger partial charge in [0.25, 0.3) is 5.91 Å². The predicted octanol–water partition coefficient (Wildman–Crippen LogP) is 4.07. The summed E-state index contributed by atoms with van der Waals surface area (Å²) in [6.45, 7) is 3.15. The Morgan fingerprint density at radius 1 is 1.14 bits per heavy atom. The molecule has 5 heteroatoms. The quantitative estimate of drug-likeness (QED) is 0.358. The van der Waals surface area contributed by atoms with Gasteiger partial charge in [-0.25, -0.2) is 5.48 Å². The first kappa shape index (κ1) is 18.5. The Labute approximate surface area is 164 Å². The van der Waals surface area contributed by atoms with Gasteiger partial charge in [-0.3, -0.25) is 14.9 Å². The number of carbonyl (C=O) groups is 1. The predicted molar refractivity (Wildman–Crippen MR) is 111 cm³/mol. The van der Waals surface area contributed by atoms with Crippen molar-refractivity contribution in [2.75, 3.05) is 13.1 Å². The number of H-pyrrole nitrogens is 1. The molecule has 3 N–H and O–H groups in total. The highest BCUT2D eigenvalue weighted by Crippen LogP contribution is 2.33. The summed E-state index contributed by atoms with van der Waals surface area (Å²) in [5.41, 5.74) is 6.48. The van der Waals surface area contributed by atoms with E-state index in [0.29, 0.717) is 5.92 Å². The Morgan fingerprint density at radius 3 is 2.64 bits per heavy atom. The normalized spacial score (nSPS) is 16.0. The van der Waals surface area contributed by atoms with Crippen LogP contribution < -0.4 is 5.48 Å². The van der Waals surface area contributed by atoms with Crippen molar-refractivity contribution in [1.82, 2.24) is 15.4 Å². The number of rotatable bonds is 5. The maximum Gasteiger partial charge on any atom is 0.267 e. The van der Waals surface area contributed by atoms with Gasteiger partial charge in [-0.05, 0) is 60.7 Å². The van der Waals surface area contributed by atoms with Gasteiger partial charge in [0.1, 0.15) is 0 Å². The number of nitrogens with one attached hydrogen (secondary N) is 2. The van der Waals surface area contributed by atoms with Gasteiger partial charge in [0.2, 0.25) is 0 Å². The number of carbonyl (C=O) groups excluding carboxylic acids is 1. The second-order valence-electron chi connectivity index (χ2n) is 7.39. The molecule has 2 aromatic carbocycles. The van der Waals surface area contributed by atoms with Crippen molar-refractivity contribution in [3.8, 4) is 0 Å². The van der Waals surface area contributed by atoms with Gasteiger partial charge < -0.3 is 4.98 Å². The largest absolute Gasteiger partial charge is 0.361 e. The summed E-state index contributed by atoms with van der Waals surface area (Å²) in [6.07, 6.45) is 7.54. The lowest BCUT2D eigenvalue weighted by molar-refractivity contribution is -0.124. The number of fused-ring (bicyclic) bond motifs is 1. The average molecular weight is 375 g/mol. The van der Waals surface area contributed by atoms with Gasteiger partial charge in [-0.2, -0.15) is 0 Å². The molecule has 1 amide bonds. The molecule has 5 nitrogen and oxygen atoms in total. The van der Waals surface area contributed by atoms with Crippen LogP contribution in [0.2, 0.25) is 0 Å². The van der Waals surface area contributed by atoms with Crippen molar-refractivity contribution in [2.45, 2.75) is 25.3 Å². The minimum atomic E-state index is -0.526. The van der Waals surface area contributed by atoms with E-state index in [9.17, 15) is 4.79 Å². The average Bonchev–Trinajstić information content (AvgIpc) is 3.18. The first-order chi connectivity index (χ1) is 13.7. The number of hydrogen-bond acceptors (Lipinski definition) is 3. The zero-order chi connectivity index (χ0) is 19.3.